The summed E-state index contributed by atoms with van der Waals surface area (Å²) in [6.45, 7) is 0.356. The number of hydrogen-bond acceptors (Lipinski definition) is 6. The van der Waals surface area contributed by atoms with Crippen LogP contribution in [0.2, 0.25) is 0 Å². The summed E-state index contributed by atoms with van der Waals surface area (Å²) in [5.74, 6) is 0.342. The van der Waals surface area contributed by atoms with E-state index in [1.807, 2.05) is 30.3 Å². The first kappa shape index (κ1) is 21.2. The lowest BCUT2D eigenvalue weighted by atomic mass is 10.2. The Morgan fingerprint density at radius 2 is 1.60 bits per heavy atom. The van der Waals surface area contributed by atoms with E-state index in [-0.39, 0.29) is 27.9 Å². The average molecular weight is 427 g/mol. The molecule has 7 nitrogen and oxygen atoms in total. The summed E-state index contributed by atoms with van der Waals surface area (Å²) in [6.07, 6.45) is 0. The van der Waals surface area contributed by atoms with Gasteiger partial charge in [-0.15, -0.1) is 0 Å². The van der Waals surface area contributed by atoms with Crippen molar-refractivity contribution < 1.29 is 26.9 Å². The van der Waals surface area contributed by atoms with E-state index in [1.165, 1.54) is 44.6 Å². The maximum Gasteiger partial charge on any atom is 0.339 e. The van der Waals surface area contributed by atoms with Crippen molar-refractivity contribution in [3.05, 3.63) is 83.9 Å². The molecule has 1 amide bonds. The molecular weight excluding hydrogens is 406 g/mol. The molecule has 8 heteroatoms. The van der Waals surface area contributed by atoms with Crippen LogP contribution in [0.5, 0.6) is 17.2 Å². The molecular formula is C22H21NO6S. The van der Waals surface area contributed by atoms with Crippen LogP contribution in [0.15, 0.2) is 77.7 Å². The number of hydrogen-bond donors (Lipinski definition) is 1. The third-order valence-electron chi connectivity index (χ3n) is 4.24. The van der Waals surface area contributed by atoms with Crippen LogP contribution in [-0.4, -0.2) is 28.5 Å². The summed E-state index contributed by atoms with van der Waals surface area (Å²) >= 11 is 0. The topological polar surface area (TPSA) is 90.9 Å². The van der Waals surface area contributed by atoms with E-state index in [4.69, 9.17) is 13.7 Å². The summed E-state index contributed by atoms with van der Waals surface area (Å²) in [5, 5.41) is 2.79. The summed E-state index contributed by atoms with van der Waals surface area (Å²) in [7, 11) is -1.27. The normalized spacial score (nSPS) is 10.9. The average Bonchev–Trinajstić information content (AvgIpc) is 2.77. The summed E-state index contributed by atoms with van der Waals surface area (Å²) < 4.78 is 40.7. The van der Waals surface area contributed by atoms with Gasteiger partial charge in [0.25, 0.3) is 5.91 Å². The van der Waals surface area contributed by atoms with Crippen molar-refractivity contribution in [2.24, 2.45) is 0 Å². The van der Waals surface area contributed by atoms with Crippen LogP contribution < -0.4 is 19.0 Å². The fourth-order valence-corrected chi connectivity index (χ4v) is 3.66. The Labute approximate surface area is 175 Å². The molecule has 30 heavy (non-hydrogen) atoms. The minimum atomic E-state index is -4.14. The predicted octanol–water partition coefficient (Wildman–Crippen LogP) is 3.40. The van der Waals surface area contributed by atoms with Crippen molar-refractivity contribution >= 4 is 16.0 Å². The van der Waals surface area contributed by atoms with E-state index >= 15 is 0 Å². The third kappa shape index (κ3) is 5.09. The first-order chi connectivity index (χ1) is 14.4. The summed E-state index contributed by atoms with van der Waals surface area (Å²) in [6, 6.07) is 19.6. The van der Waals surface area contributed by atoms with Gasteiger partial charge in [-0.05, 0) is 35.9 Å². The fourth-order valence-electron chi connectivity index (χ4n) is 2.72. The second kappa shape index (κ2) is 9.32. The first-order valence-electron chi connectivity index (χ1n) is 9.01. The first-order valence-corrected chi connectivity index (χ1v) is 10.4. The second-order valence-corrected chi connectivity index (χ2v) is 7.80. The van der Waals surface area contributed by atoms with Crippen LogP contribution in [-0.2, 0) is 16.7 Å². The van der Waals surface area contributed by atoms with Gasteiger partial charge in [-0.2, -0.15) is 8.42 Å². The number of rotatable bonds is 8. The van der Waals surface area contributed by atoms with Gasteiger partial charge in [0.15, 0.2) is 11.5 Å². The lowest BCUT2D eigenvalue weighted by Gasteiger charge is -2.11. The number of ether oxygens (including phenoxy) is 2. The van der Waals surface area contributed by atoms with Crippen molar-refractivity contribution in [3.63, 3.8) is 0 Å². The van der Waals surface area contributed by atoms with Gasteiger partial charge < -0.3 is 19.0 Å². The minimum absolute atomic E-state index is 0.0251. The highest BCUT2D eigenvalue weighted by molar-refractivity contribution is 7.87. The van der Waals surface area contributed by atoms with Gasteiger partial charge in [0, 0.05) is 18.2 Å². The van der Waals surface area contributed by atoms with Gasteiger partial charge in [0.05, 0.1) is 14.2 Å². The monoisotopic (exact) mass is 427 g/mol. The standard InChI is InChI=1S/C22H21NO6S/c1-27-20-12-11-19(14-21(20)28-2)30(25,26)29-18-10-6-9-17(13-18)22(24)23-15-16-7-4-3-5-8-16/h3-14H,15H2,1-2H3,(H,23,24). The van der Waals surface area contributed by atoms with Gasteiger partial charge in [0.2, 0.25) is 0 Å². The maximum absolute atomic E-state index is 12.6. The smallest absolute Gasteiger partial charge is 0.339 e. The predicted molar refractivity (Wildman–Crippen MR) is 111 cm³/mol. The highest BCUT2D eigenvalue weighted by Crippen LogP contribution is 2.30. The molecule has 0 saturated heterocycles. The lowest BCUT2D eigenvalue weighted by molar-refractivity contribution is 0.0950. The minimum Gasteiger partial charge on any atom is -0.493 e. The number of carbonyl (C=O) groups is 1. The van der Waals surface area contributed by atoms with Gasteiger partial charge in [-0.1, -0.05) is 36.4 Å². The molecule has 0 spiro atoms. The van der Waals surface area contributed by atoms with Crippen LogP contribution in [0.25, 0.3) is 0 Å². The Morgan fingerprint density at radius 3 is 2.30 bits per heavy atom. The van der Waals surface area contributed by atoms with Crippen molar-refractivity contribution in [1.29, 1.82) is 0 Å². The number of amides is 1. The molecule has 1 N–H and O–H groups in total. The van der Waals surface area contributed by atoms with Gasteiger partial charge in [-0.3, -0.25) is 4.79 Å². The van der Waals surface area contributed by atoms with Gasteiger partial charge in [0.1, 0.15) is 10.6 Å². The van der Waals surface area contributed by atoms with Crippen LogP contribution in [0, 0.1) is 0 Å². The van der Waals surface area contributed by atoms with Crippen LogP contribution in [0.3, 0.4) is 0 Å². The molecule has 3 rings (SSSR count). The van der Waals surface area contributed by atoms with Crippen molar-refractivity contribution in [3.8, 4) is 17.2 Å². The van der Waals surface area contributed by atoms with E-state index in [2.05, 4.69) is 5.32 Å². The zero-order valence-electron chi connectivity index (χ0n) is 16.5. The number of carbonyl (C=O) groups excluding carboxylic acids is 1. The molecule has 0 fully saturated rings. The Balaban J connectivity index is 1.74. The molecule has 0 aliphatic heterocycles. The molecule has 156 valence electrons. The van der Waals surface area contributed by atoms with Crippen LogP contribution in [0.4, 0.5) is 0 Å². The van der Waals surface area contributed by atoms with Crippen molar-refractivity contribution in [2.45, 2.75) is 11.4 Å². The van der Waals surface area contributed by atoms with E-state index in [0.29, 0.717) is 12.3 Å². The molecule has 0 atom stereocenters. The molecule has 0 saturated carbocycles. The van der Waals surface area contributed by atoms with Crippen LogP contribution in [0.1, 0.15) is 15.9 Å². The molecule has 0 bridgehead atoms. The zero-order valence-corrected chi connectivity index (χ0v) is 17.3. The second-order valence-electron chi connectivity index (χ2n) is 6.25. The van der Waals surface area contributed by atoms with E-state index in [1.54, 1.807) is 12.1 Å². The van der Waals surface area contributed by atoms with E-state index < -0.39 is 10.1 Å². The molecule has 0 aromatic heterocycles. The van der Waals surface area contributed by atoms with Gasteiger partial charge in [-0.25, -0.2) is 0 Å². The van der Waals surface area contributed by atoms with E-state index in [9.17, 15) is 13.2 Å². The van der Waals surface area contributed by atoms with Crippen molar-refractivity contribution in [1.82, 2.24) is 5.32 Å². The molecule has 0 radical (unpaired) electrons. The highest BCUT2D eigenvalue weighted by atomic mass is 32.2. The largest absolute Gasteiger partial charge is 0.493 e. The number of methoxy groups -OCH3 is 2. The summed E-state index contributed by atoms with van der Waals surface area (Å²) in [5.41, 5.74) is 1.24. The molecule has 3 aromatic carbocycles. The lowest BCUT2D eigenvalue weighted by Crippen LogP contribution is -2.22. The zero-order chi connectivity index (χ0) is 21.6. The highest BCUT2D eigenvalue weighted by Gasteiger charge is 2.20. The Kier molecular flexibility index (Phi) is 6.58. The SMILES string of the molecule is COc1ccc(S(=O)(=O)Oc2cccc(C(=O)NCc3ccccc3)c2)cc1OC. The Bertz CT molecular complexity index is 1130. The molecule has 0 aliphatic carbocycles. The van der Waals surface area contributed by atoms with Crippen molar-refractivity contribution in [2.75, 3.05) is 14.2 Å². The molecule has 3 aromatic rings. The fraction of sp³-hybridized carbons (Fsp3) is 0.136. The third-order valence-corrected chi connectivity index (χ3v) is 5.48. The quantitative estimate of drug-likeness (QED) is 0.554. The summed E-state index contributed by atoms with van der Waals surface area (Å²) in [4.78, 5) is 12.3. The van der Waals surface area contributed by atoms with E-state index in [0.717, 1.165) is 5.56 Å². The molecule has 0 heterocycles. The van der Waals surface area contributed by atoms with Crippen LogP contribution >= 0.6 is 0 Å². The molecule has 0 aliphatic rings. The maximum atomic E-state index is 12.6. The number of nitrogens with one attached hydrogen (secondary N) is 1. The Hall–Kier alpha value is -3.52. The van der Waals surface area contributed by atoms with Gasteiger partial charge >= 0.3 is 10.1 Å². The molecule has 0 unspecified atom stereocenters. The number of benzene rings is 3. The Morgan fingerprint density at radius 1 is 0.867 bits per heavy atom.